The van der Waals surface area contributed by atoms with Gasteiger partial charge >= 0.3 is 0 Å². The second kappa shape index (κ2) is 6.53. The van der Waals surface area contributed by atoms with Crippen molar-refractivity contribution in [1.29, 1.82) is 0 Å². The van der Waals surface area contributed by atoms with Crippen LogP contribution in [0.25, 0.3) is 22.0 Å². The second-order valence-electron chi connectivity index (χ2n) is 5.59. The minimum Gasteiger partial charge on any atom is -0.211 e. The topological polar surface area (TPSA) is 14.1 Å². The average Bonchev–Trinajstić information content (AvgIpc) is 2.55. The molecule has 0 saturated carbocycles. The molecule has 1 heterocycles. The molecule has 0 unspecified atom stereocenters. The Morgan fingerprint density at radius 3 is 2.48 bits per heavy atom. The quantitative estimate of drug-likeness (QED) is 0.579. The first-order valence-corrected chi connectivity index (χ1v) is 7.87. The molecule has 1 aromatic heterocycles. The zero-order valence-electron chi connectivity index (χ0n) is 12.6. The summed E-state index contributed by atoms with van der Waals surface area (Å²) < 4.78 is 0. The number of fused-ring (bicyclic) bond motifs is 1. The van der Waals surface area contributed by atoms with Crippen LogP contribution < -0.4 is 4.98 Å². The second-order valence-corrected chi connectivity index (χ2v) is 5.59. The third-order valence-corrected chi connectivity index (χ3v) is 4.03. The third kappa shape index (κ3) is 3.13. The summed E-state index contributed by atoms with van der Waals surface area (Å²) in [6.45, 7) is 2.25. The van der Waals surface area contributed by atoms with Crippen molar-refractivity contribution in [2.75, 3.05) is 0 Å². The summed E-state index contributed by atoms with van der Waals surface area (Å²) in [5, 5.41) is 2.55. The Kier molecular flexibility index (Phi) is 4.30. The molecule has 1 heteroatoms. The third-order valence-electron chi connectivity index (χ3n) is 4.03. The lowest BCUT2D eigenvalue weighted by Crippen LogP contribution is -2.06. The first-order valence-electron chi connectivity index (χ1n) is 7.87. The Bertz CT molecular complexity index is 708. The molecule has 0 aliphatic heterocycles. The van der Waals surface area contributed by atoms with E-state index in [1.807, 2.05) is 6.20 Å². The lowest BCUT2D eigenvalue weighted by molar-refractivity contribution is -0.362. The van der Waals surface area contributed by atoms with Crippen molar-refractivity contribution in [1.82, 2.24) is 0 Å². The minimum atomic E-state index is 1.19. The zero-order chi connectivity index (χ0) is 14.5. The fourth-order valence-electron chi connectivity index (χ4n) is 2.82. The Hall–Kier alpha value is -2.15. The summed E-state index contributed by atoms with van der Waals surface area (Å²) in [4.78, 5) is 3.40. The number of H-pyrrole nitrogens is 1. The number of hydrogen-bond acceptors (Lipinski definition) is 0. The number of benzene rings is 2. The van der Waals surface area contributed by atoms with Gasteiger partial charge in [0.1, 0.15) is 0 Å². The number of aryl methyl sites for hydroxylation is 1. The van der Waals surface area contributed by atoms with Gasteiger partial charge in [0.15, 0.2) is 6.20 Å². The van der Waals surface area contributed by atoms with Crippen LogP contribution in [-0.2, 0) is 6.42 Å². The highest BCUT2D eigenvalue weighted by molar-refractivity contribution is 5.92. The lowest BCUT2D eigenvalue weighted by Gasteiger charge is -2.03. The fourth-order valence-corrected chi connectivity index (χ4v) is 2.82. The van der Waals surface area contributed by atoms with Crippen molar-refractivity contribution in [3.8, 4) is 11.3 Å². The molecule has 0 radical (unpaired) electrons. The van der Waals surface area contributed by atoms with Crippen LogP contribution in [0.1, 0.15) is 31.7 Å². The summed E-state index contributed by atoms with van der Waals surface area (Å²) in [7, 11) is 0. The summed E-state index contributed by atoms with van der Waals surface area (Å²) in [5.74, 6) is 0. The van der Waals surface area contributed by atoms with Crippen LogP contribution in [0.3, 0.4) is 0 Å². The number of aromatic amines is 1. The fraction of sp³-hybridized carbons (Fsp3) is 0.250. The van der Waals surface area contributed by atoms with Crippen molar-refractivity contribution >= 4 is 10.8 Å². The van der Waals surface area contributed by atoms with E-state index in [4.69, 9.17) is 0 Å². The van der Waals surface area contributed by atoms with E-state index in [1.54, 1.807) is 0 Å². The van der Waals surface area contributed by atoms with E-state index in [9.17, 15) is 0 Å². The van der Waals surface area contributed by atoms with Crippen molar-refractivity contribution in [2.24, 2.45) is 0 Å². The van der Waals surface area contributed by atoms with Gasteiger partial charge < -0.3 is 0 Å². The highest BCUT2D eigenvalue weighted by atomic mass is 14.7. The maximum atomic E-state index is 3.40. The molecule has 1 nitrogen and oxygen atoms in total. The molecule has 106 valence electrons. The van der Waals surface area contributed by atoms with Gasteiger partial charge in [-0.05, 0) is 42.0 Å². The Morgan fingerprint density at radius 1 is 0.857 bits per heavy atom. The SMILES string of the molecule is CCCCCc1ccc(-c2[nH+]ccc3ccccc23)cc1. The molecule has 0 aliphatic rings. The molecular formula is C20H22N+. The first kappa shape index (κ1) is 13.8. The van der Waals surface area contributed by atoms with E-state index in [-0.39, 0.29) is 0 Å². The van der Waals surface area contributed by atoms with Crippen LogP contribution in [0.5, 0.6) is 0 Å². The normalized spacial score (nSPS) is 10.9. The average molecular weight is 276 g/mol. The number of unbranched alkanes of at least 4 members (excludes halogenated alkanes) is 2. The van der Waals surface area contributed by atoms with Crippen LogP contribution in [-0.4, -0.2) is 0 Å². The minimum absolute atomic E-state index is 1.19. The van der Waals surface area contributed by atoms with Crippen molar-refractivity contribution < 1.29 is 4.98 Å². The summed E-state index contributed by atoms with van der Waals surface area (Å²) in [6.07, 6.45) is 7.10. The molecule has 1 N–H and O–H groups in total. The molecule has 0 bridgehead atoms. The molecule has 0 saturated heterocycles. The van der Waals surface area contributed by atoms with E-state index >= 15 is 0 Å². The van der Waals surface area contributed by atoms with Gasteiger partial charge in [-0.2, -0.15) is 0 Å². The highest BCUT2D eigenvalue weighted by Gasteiger charge is 2.10. The Morgan fingerprint density at radius 2 is 1.67 bits per heavy atom. The van der Waals surface area contributed by atoms with Gasteiger partial charge in [-0.25, -0.2) is 4.98 Å². The van der Waals surface area contributed by atoms with Crippen LogP contribution in [0, 0.1) is 0 Å². The summed E-state index contributed by atoms with van der Waals surface area (Å²) in [5.41, 5.74) is 3.90. The standard InChI is InChI=1S/C20H21N/c1-2-3-4-7-16-10-12-18(13-11-16)20-19-9-6-5-8-17(19)14-15-21-20/h5-6,8-15H,2-4,7H2,1H3/p+1. The van der Waals surface area contributed by atoms with E-state index in [2.05, 4.69) is 66.5 Å². The molecular weight excluding hydrogens is 254 g/mol. The predicted molar refractivity (Wildman–Crippen MR) is 89.2 cm³/mol. The molecule has 0 atom stereocenters. The maximum absolute atomic E-state index is 3.40. The van der Waals surface area contributed by atoms with Crippen molar-refractivity contribution in [2.45, 2.75) is 32.6 Å². The smallest absolute Gasteiger partial charge is 0.211 e. The highest BCUT2D eigenvalue weighted by Crippen LogP contribution is 2.24. The van der Waals surface area contributed by atoms with Gasteiger partial charge in [0.25, 0.3) is 0 Å². The Labute approximate surface area is 126 Å². The van der Waals surface area contributed by atoms with Crippen molar-refractivity contribution in [3.63, 3.8) is 0 Å². The summed E-state index contributed by atoms with van der Waals surface area (Å²) in [6, 6.07) is 19.6. The lowest BCUT2D eigenvalue weighted by atomic mass is 10.0. The van der Waals surface area contributed by atoms with Crippen LogP contribution >= 0.6 is 0 Å². The predicted octanol–water partition coefficient (Wildman–Crippen LogP) is 5.05. The van der Waals surface area contributed by atoms with Gasteiger partial charge in [-0.15, -0.1) is 0 Å². The van der Waals surface area contributed by atoms with E-state index < -0.39 is 0 Å². The first-order chi connectivity index (χ1) is 10.4. The zero-order valence-corrected chi connectivity index (χ0v) is 12.6. The molecule has 0 fully saturated rings. The number of hydrogen-bond donors (Lipinski definition) is 0. The van der Waals surface area contributed by atoms with Gasteiger partial charge in [-0.3, -0.25) is 0 Å². The molecule has 3 aromatic rings. The van der Waals surface area contributed by atoms with Gasteiger partial charge in [0.2, 0.25) is 5.69 Å². The Balaban J connectivity index is 1.89. The number of nitrogens with one attached hydrogen (secondary N) is 1. The van der Waals surface area contributed by atoms with Crippen LogP contribution in [0.15, 0.2) is 60.8 Å². The van der Waals surface area contributed by atoms with Crippen LogP contribution in [0.4, 0.5) is 0 Å². The monoisotopic (exact) mass is 276 g/mol. The van der Waals surface area contributed by atoms with Crippen molar-refractivity contribution in [3.05, 3.63) is 66.4 Å². The summed E-state index contributed by atoms with van der Waals surface area (Å²) >= 11 is 0. The molecule has 3 rings (SSSR count). The molecule has 2 aromatic carbocycles. The van der Waals surface area contributed by atoms with Gasteiger partial charge in [-0.1, -0.05) is 50.1 Å². The number of pyridine rings is 1. The number of rotatable bonds is 5. The van der Waals surface area contributed by atoms with Gasteiger partial charge in [0, 0.05) is 11.6 Å². The van der Waals surface area contributed by atoms with E-state index in [1.165, 1.54) is 53.3 Å². The maximum Gasteiger partial charge on any atom is 0.218 e. The van der Waals surface area contributed by atoms with E-state index in [0.717, 1.165) is 0 Å². The van der Waals surface area contributed by atoms with Crippen LogP contribution in [0.2, 0.25) is 0 Å². The molecule has 0 amide bonds. The van der Waals surface area contributed by atoms with E-state index in [0.29, 0.717) is 0 Å². The number of aromatic nitrogens is 1. The molecule has 21 heavy (non-hydrogen) atoms. The largest absolute Gasteiger partial charge is 0.218 e. The molecule has 0 spiro atoms. The van der Waals surface area contributed by atoms with Gasteiger partial charge in [0.05, 0.1) is 5.39 Å². The molecule has 0 aliphatic carbocycles.